The minimum absolute atomic E-state index is 0.0249. The van der Waals surface area contributed by atoms with Crippen LogP contribution in [0.15, 0.2) is 42.7 Å². The van der Waals surface area contributed by atoms with Gasteiger partial charge in [-0.05, 0) is 39.0 Å². The van der Waals surface area contributed by atoms with E-state index in [4.69, 9.17) is 4.74 Å². The average Bonchev–Trinajstić information content (AvgIpc) is 3.25. The lowest BCUT2D eigenvalue weighted by molar-refractivity contribution is 0.0784. The second-order valence-electron chi connectivity index (χ2n) is 6.68. The van der Waals surface area contributed by atoms with Crippen LogP contribution in [-0.4, -0.2) is 39.3 Å². The van der Waals surface area contributed by atoms with Crippen molar-refractivity contribution in [1.82, 2.24) is 19.2 Å². The molecule has 1 aromatic carbocycles. The van der Waals surface area contributed by atoms with E-state index in [1.807, 2.05) is 57.4 Å². The molecule has 0 radical (unpaired) electrons. The van der Waals surface area contributed by atoms with Crippen molar-refractivity contribution < 1.29 is 9.53 Å². The molecule has 0 aliphatic carbocycles. The number of hydrogen-bond donors (Lipinski definition) is 0. The maximum Gasteiger partial charge on any atom is 0.255 e. The summed E-state index contributed by atoms with van der Waals surface area (Å²) in [5.41, 5.74) is 4.77. The monoisotopic (exact) mass is 366 g/mol. The number of carbonyl (C=O) groups is 1. The summed E-state index contributed by atoms with van der Waals surface area (Å²) in [6.45, 7) is 7.48. The van der Waals surface area contributed by atoms with Crippen molar-refractivity contribution in [2.45, 2.75) is 33.9 Å². The van der Waals surface area contributed by atoms with Crippen LogP contribution >= 0.6 is 0 Å². The van der Waals surface area contributed by atoms with Gasteiger partial charge in [-0.2, -0.15) is 5.10 Å². The second-order valence-corrected chi connectivity index (χ2v) is 6.68. The Bertz CT molecular complexity index is 955. The van der Waals surface area contributed by atoms with E-state index >= 15 is 0 Å². The second kappa shape index (κ2) is 7.70. The van der Waals surface area contributed by atoms with Gasteiger partial charge < -0.3 is 14.2 Å². The third-order valence-electron chi connectivity index (χ3n) is 4.84. The molecule has 142 valence electrons. The molecular weight excluding hydrogens is 340 g/mol. The number of aromatic nitrogens is 3. The Hall–Kier alpha value is -3.02. The molecule has 6 nitrogen and oxygen atoms in total. The Morgan fingerprint density at radius 1 is 1.26 bits per heavy atom. The molecule has 1 amide bonds. The standard InChI is InChI=1S/C21H26N4O2/c1-6-24-15(2)10-20(16(24)3)21(26)23(4)13-17-12-22-25(14-17)18-8-7-9-19(11-18)27-5/h7-12,14H,6,13H2,1-5H3. The fourth-order valence-corrected chi connectivity index (χ4v) is 3.39. The van der Waals surface area contributed by atoms with E-state index in [9.17, 15) is 4.79 Å². The van der Waals surface area contributed by atoms with Crippen LogP contribution in [0.25, 0.3) is 5.69 Å². The van der Waals surface area contributed by atoms with Gasteiger partial charge in [0, 0.05) is 49.4 Å². The van der Waals surface area contributed by atoms with Crippen LogP contribution < -0.4 is 4.74 Å². The fourth-order valence-electron chi connectivity index (χ4n) is 3.39. The molecule has 0 bridgehead atoms. The van der Waals surface area contributed by atoms with Gasteiger partial charge in [0.15, 0.2) is 0 Å². The molecule has 0 N–H and O–H groups in total. The maximum atomic E-state index is 12.9. The van der Waals surface area contributed by atoms with Gasteiger partial charge in [-0.25, -0.2) is 4.68 Å². The van der Waals surface area contributed by atoms with Crippen LogP contribution in [0.3, 0.4) is 0 Å². The van der Waals surface area contributed by atoms with E-state index in [1.165, 1.54) is 0 Å². The molecule has 27 heavy (non-hydrogen) atoms. The van der Waals surface area contributed by atoms with Crippen molar-refractivity contribution >= 4 is 5.91 Å². The number of amides is 1. The molecule has 0 saturated carbocycles. The lowest BCUT2D eigenvalue weighted by Gasteiger charge is -2.16. The highest BCUT2D eigenvalue weighted by atomic mass is 16.5. The number of benzene rings is 1. The first-order valence-electron chi connectivity index (χ1n) is 9.04. The van der Waals surface area contributed by atoms with Crippen LogP contribution in [0.4, 0.5) is 0 Å². The van der Waals surface area contributed by atoms with Crippen molar-refractivity contribution in [3.63, 3.8) is 0 Å². The molecule has 2 aromatic heterocycles. The molecule has 0 atom stereocenters. The van der Waals surface area contributed by atoms with Gasteiger partial charge in [0.05, 0.1) is 24.6 Å². The van der Waals surface area contributed by atoms with Crippen molar-refractivity contribution in [2.24, 2.45) is 0 Å². The number of methoxy groups -OCH3 is 1. The SMILES string of the molecule is CCn1c(C)cc(C(=O)N(C)Cc2cnn(-c3cccc(OC)c3)c2)c1C. The van der Waals surface area contributed by atoms with Crippen molar-refractivity contribution in [1.29, 1.82) is 0 Å². The number of nitrogens with zero attached hydrogens (tertiary/aromatic N) is 4. The first-order valence-corrected chi connectivity index (χ1v) is 9.04. The summed E-state index contributed by atoms with van der Waals surface area (Å²) in [6, 6.07) is 9.68. The molecule has 3 aromatic rings. The zero-order valence-corrected chi connectivity index (χ0v) is 16.6. The zero-order chi connectivity index (χ0) is 19.6. The van der Waals surface area contributed by atoms with E-state index in [2.05, 4.69) is 16.6 Å². The number of hydrogen-bond acceptors (Lipinski definition) is 3. The number of ether oxygens (including phenoxy) is 1. The van der Waals surface area contributed by atoms with Crippen molar-refractivity contribution in [3.8, 4) is 11.4 Å². The third-order valence-corrected chi connectivity index (χ3v) is 4.84. The predicted molar refractivity (Wildman–Crippen MR) is 105 cm³/mol. The molecule has 0 fully saturated rings. The van der Waals surface area contributed by atoms with Gasteiger partial charge in [0.1, 0.15) is 5.75 Å². The van der Waals surface area contributed by atoms with Gasteiger partial charge >= 0.3 is 0 Å². The van der Waals surface area contributed by atoms with Crippen LogP contribution in [0.5, 0.6) is 5.75 Å². The summed E-state index contributed by atoms with van der Waals surface area (Å²) in [7, 11) is 3.47. The Labute approximate surface area is 160 Å². The molecule has 0 aliphatic rings. The summed E-state index contributed by atoms with van der Waals surface area (Å²) in [5.74, 6) is 0.806. The summed E-state index contributed by atoms with van der Waals surface area (Å²) < 4.78 is 9.21. The van der Waals surface area contributed by atoms with Gasteiger partial charge in [-0.1, -0.05) is 6.07 Å². The molecule has 2 heterocycles. The normalized spacial score (nSPS) is 10.9. The lowest BCUT2D eigenvalue weighted by atomic mass is 10.2. The van der Waals surface area contributed by atoms with E-state index < -0.39 is 0 Å². The fraction of sp³-hybridized carbons (Fsp3) is 0.333. The first-order chi connectivity index (χ1) is 12.9. The Morgan fingerprint density at radius 3 is 2.70 bits per heavy atom. The average molecular weight is 366 g/mol. The molecular formula is C21H26N4O2. The van der Waals surface area contributed by atoms with Crippen LogP contribution in [0, 0.1) is 13.8 Å². The largest absolute Gasteiger partial charge is 0.497 e. The summed E-state index contributed by atoms with van der Waals surface area (Å²) in [6.07, 6.45) is 3.73. The highest BCUT2D eigenvalue weighted by Crippen LogP contribution is 2.19. The molecule has 0 aliphatic heterocycles. The molecule has 3 rings (SSSR count). The number of aryl methyl sites for hydroxylation is 1. The molecule has 6 heteroatoms. The van der Waals surface area contributed by atoms with E-state index in [1.54, 1.807) is 22.9 Å². The third kappa shape index (κ3) is 3.74. The Balaban J connectivity index is 1.76. The topological polar surface area (TPSA) is 52.3 Å². The number of carbonyl (C=O) groups excluding carboxylic acids is 1. The van der Waals surface area contributed by atoms with Crippen molar-refractivity contribution in [2.75, 3.05) is 14.2 Å². The summed E-state index contributed by atoms with van der Waals surface area (Å²) in [5, 5.41) is 4.42. The summed E-state index contributed by atoms with van der Waals surface area (Å²) >= 11 is 0. The molecule has 0 saturated heterocycles. The van der Waals surface area contributed by atoms with Gasteiger partial charge in [-0.15, -0.1) is 0 Å². The Morgan fingerprint density at radius 2 is 2.04 bits per heavy atom. The van der Waals surface area contributed by atoms with E-state index in [-0.39, 0.29) is 5.91 Å². The van der Waals surface area contributed by atoms with Gasteiger partial charge in [-0.3, -0.25) is 4.79 Å². The predicted octanol–water partition coefficient (Wildman–Crippen LogP) is 3.59. The van der Waals surface area contributed by atoms with Crippen LogP contribution in [0.1, 0.15) is 34.2 Å². The highest BCUT2D eigenvalue weighted by Gasteiger charge is 2.19. The Kier molecular flexibility index (Phi) is 5.35. The highest BCUT2D eigenvalue weighted by molar-refractivity contribution is 5.95. The van der Waals surface area contributed by atoms with E-state index in [0.29, 0.717) is 6.54 Å². The van der Waals surface area contributed by atoms with Crippen LogP contribution in [0.2, 0.25) is 0 Å². The summed E-state index contributed by atoms with van der Waals surface area (Å²) in [4.78, 5) is 14.6. The number of rotatable bonds is 6. The zero-order valence-electron chi connectivity index (χ0n) is 16.6. The lowest BCUT2D eigenvalue weighted by Crippen LogP contribution is -2.26. The minimum atomic E-state index is 0.0249. The van der Waals surface area contributed by atoms with Gasteiger partial charge in [0.2, 0.25) is 0 Å². The van der Waals surface area contributed by atoms with Crippen LogP contribution in [-0.2, 0) is 13.1 Å². The quantitative estimate of drug-likeness (QED) is 0.670. The maximum absolute atomic E-state index is 12.9. The van der Waals surface area contributed by atoms with Gasteiger partial charge in [0.25, 0.3) is 5.91 Å². The minimum Gasteiger partial charge on any atom is -0.497 e. The van der Waals surface area contributed by atoms with E-state index in [0.717, 1.165) is 40.5 Å². The smallest absolute Gasteiger partial charge is 0.255 e. The van der Waals surface area contributed by atoms with Crippen molar-refractivity contribution in [3.05, 3.63) is 65.2 Å². The first kappa shape index (κ1) is 18.8. The molecule has 0 unspecified atom stereocenters. The molecule has 0 spiro atoms.